The smallest absolute Gasteiger partial charge is 0.242 e. The zero-order chi connectivity index (χ0) is 16.3. The molecule has 1 fully saturated rings. The quantitative estimate of drug-likeness (QED) is 0.890. The number of piperidine rings is 1. The van der Waals surface area contributed by atoms with Crippen LogP contribution in [0.2, 0.25) is 5.02 Å². The molecule has 2 unspecified atom stereocenters. The van der Waals surface area contributed by atoms with Gasteiger partial charge in [0.25, 0.3) is 0 Å². The van der Waals surface area contributed by atoms with Gasteiger partial charge in [-0.3, -0.25) is 4.90 Å². The molecule has 0 aromatic heterocycles. The lowest BCUT2D eigenvalue weighted by Crippen LogP contribution is -2.46. The van der Waals surface area contributed by atoms with Gasteiger partial charge in [-0.2, -0.15) is 0 Å². The SMILES string of the molecule is CC1CCCN(C(C)CNS(=O)(=O)c2ccc(F)cc2Cl)C1. The molecule has 1 aliphatic rings. The van der Waals surface area contributed by atoms with Crippen LogP contribution in [0.4, 0.5) is 4.39 Å². The highest BCUT2D eigenvalue weighted by Gasteiger charge is 2.24. The average molecular weight is 349 g/mol. The highest BCUT2D eigenvalue weighted by molar-refractivity contribution is 7.89. The molecule has 1 heterocycles. The predicted molar refractivity (Wildman–Crippen MR) is 86.0 cm³/mol. The number of hydrogen-bond acceptors (Lipinski definition) is 3. The minimum Gasteiger partial charge on any atom is -0.299 e. The summed E-state index contributed by atoms with van der Waals surface area (Å²) in [4.78, 5) is 2.21. The normalized spacial score (nSPS) is 21.7. The minimum atomic E-state index is -3.73. The summed E-state index contributed by atoms with van der Waals surface area (Å²) < 4.78 is 40.2. The van der Waals surface area contributed by atoms with Gasteiger partial charge in [0, 0.05) is 19.1 Å². The largest absolute Gasteiger partial charge is 0.299 e. The molecule has 0 spiro atoms. The number of rotatable bonds is 5. The molecule has 2 atom stereocenters. The van der Waals surface area contributed by atoms with E-state index in [9.17, 15) is 12.8 Å². The van der Waals surface area contributed by atoms with Crippen LogP contribution in [0.5, 0.6) is 0 Å². The van der Waals surface area contributed by atoms with Crippen LogP contribution in [-0.4, -0.2) is 39.0 Å². The molecule has 2 rings (SSSR count). The number of benzene rings is 1. The van der Waals surface area contributed by atoms with Gasteiger partial charge in [0.1, 0.15) is 10.7 Å². The first-order valence-electron chi connectivity index (χ1n) is 7.48. The number of hydrogen-bond donors (Lipinski definition) is 1. The number of likely N-dealkylation sites (tertiary alicyclic amines) is 1. The molecule has 0 bridgehead atoms. The fourth-order valence-corrected chi connectivity index (χ4v) is 4.41. The van der Waals surface area contributed by atoms with Crippen LogP contribution in [0.25, 0.3) is 0 Å². The molecule has 0 radical (unpaired) electrons. The van der Waals surface area contributed by atoms with E-state index in [4.69, 9.17) is 11.6 Å². The van der Waals surface area contributed by atoms with Crippen molar-refractivity contribution in [1.82, 2.24) is 9.62 Å². The molecule has 124 valence electrons. The maximum absolute atomic E-state index is 13.0. The van der Waals surface area contributed by atoms with E-state index in [-0.39, 0.29) is 16.0 Å². The van der Waals surface area contributed by atoms with Crippen LogP contribution in [0, 0.1) is 11.7 Å². The molecular formula is C15H22ClFN2O2S. The Kier molecular flexibility index (Phi) is 5.82. The Morgan fingerprint density at radius 1 is 1.50 bits per heavy atom. The van der Waals surface area contributed by atoms with Gasteiger partial charge in [0.05, 0.1) is 5.02 Å². The first kappa shape index (κ1) is 17.7. The molecular weight excluding hydrogens is 327 g/mol. The molecule has 1 saturated heterocycles. The molecule has 4 nitrogen and oxygen atoms in total. The van der Waals surface area contributed by atoms with Crippen LogP contribution in [-0.2, 0) is 10.0 Å². The maximum atomic E-state index is 13.0. The van der Waals surface area contributed by atoms with Crippen molar-refractivity contribution in [3.05, 3.63) is 29.0 Å². The standard InChI is InChI=1S/C15H22ClFN2O2S/c1-11-4-3-7-19(10-11)12(2)9-18-22(20,21)15-6-5-13(17)8-14(15)16/h5-6,8,11-12,18H,3-4,7,9-10H2,1-2H3. The number of sulfonamides is 1. The van der Waals surface area contributed by atoms with Gasteiger partial charge in [0.2, 0.25) is 10.0 Å². The third kappa shape index (κ3) is 4.41. The fourth-order valence-electron chi connectivity index (χ4n) is 2.76. The lowest BCUT2D eigenvalue weighted by Gasteiger charge is -2.35. The molecule has 1 aromatic rings. The number of halogens is 2. The fraction of sp³-hybridized carbons (Fsp3) is 0.600. The van der Waals surface area contributed by atoms with E-state index in [0.29, 0.717) is 12.5 Å². The molecule has 1 aliphatic heterocycles. The third-order valence-corrected chi connectivity index (χ3v) is 5.97. The molecule has 1 N–H and O–H groups in total. The first-order valence-corrected chi connectivity index (χ1v) is 9.34. The molecule has 22 heavy (non-hydrogen) atoms. The van der Waals surface area contributed by atoms with Crippen LogP contribution in [0.3, 0.4) is 0 Å². The monoisotopic (exact) mass is 348 g/mol. The van der Waals surface area contributed by atoms with Crippen molar-refractivity contribution in [3.8, 4) is 0 Å². The van der Waals surface area contributed by atoms with Gasteiger partial charge in [-0.15, -0.1) is 0 Å². The number of nitrogens with zero attached hydrogens (tertiary/aromatic N) is 1. The van der Waals surface area contributed by atoms with Crippen molar-refractivity contribution < 1.29 is 12.8 Å². The van der Waals surface area contributed by atoms with E-state index >= 15 is 0 Å². The Balaban J connectivity index is 2.00. The van der Waals surface area contributed by atoms with Crippen molar-refractivity contribution in [1.29, 1.82) is 0 Å². The van der Waals surface area contributed by atoms with Gasteiger partial charge in [-0.1, -0.05) is 18.5 Å². The van der Waals surface area contributed by atoms with E-state index in [1.54, 1.807) is 0 Å². The lowest BCUT2D eigenvalue weighted by atomic mass is 9.99. The third-order valence-electron chi connectivity index (χ3n) is 4.06. The van der Waals surface area contributed by atoms with Gasteiger partial charge in [-0.05, 0) is 50.4 Å². The first-order chi connectivity index (χ1) is 10.3. The van der Waals surface area contributed by atoms with Gasteiger partial charge in [0.15, 0.2) is 0 Å². The zero-order valence-electron chi connectivity index (χ0n) is 12.9. The lowest BCUT2D eigenvalue weighted by molar-refractivity contribution is 0.140. The van der Waals surface area contributed by atoms with E-state index in [2.05, 4.69) is 16.5 Å². The van der Waals surface area contributed by atoms with Gasteiger partial charge < -0.3 is 0 Å². The Morgan fingerprint density at radius 2 is 2.23 bits per heavy atom. The summed E-state index contributed by atoms with van der Waals surface area (Å²) in [6.45, 7) is 6.50. The second kappa shape index (κ2) is 7.25. The van der Waals surface area contributed by atoms with Crippen molar-refractivity contribution in [2.75, 3.05) is 19.6 Å². The zero-order valence-corrected chi connectivity index (χ0v) is 14.4. The molecule has 0 saturated carbocycles. The van der Waals surface area contributed by atoms with Crippen molar-refractivity contribution >= 4 is 21.6 Å². The maximum Gasteiger partial charge on any atom is 0.242 e. The second-order valence-electron chi connectivity index (χ2n) is 6.02. The van der Waals surface area contributed by atoms with Crippen molar-refractivity contribution in [2.45, 2.75) is 37.6 Å². The van der Waals surface area contributed by atoms with Crippen molar-refractivity contribution in [2.24, 2.45) is 5.92 Å². The summed E-state index contributed by atoms with van der Waals surface area (Å²) >= 11 is 5.83. The summed E-state index contributed by atoms with van der Waals surface area (Å²) in [6.07, 6.45) is 2.36. The average Bonchev–Trinajstić information content (AvgIpc) is 2.44. The Labute approximate surface area is 136 Å². The van der Waals surface area contributed by atoms with Crippen molar-refractivity contribution in [3.63, 3.8) is 0 Å². The van der Waals surface area contributed by atoms with Gasteiger partial charge in [-0.25, -0.2) is 17.5 Å². The molecule has 0 amide bonds. The highest BCUT2D eigenvalue weighted by atomic mass is 35.5. The van der Waals surface area contributed by atoms with Crippen LogP contribution < -0.4 is 4.72 Å². The van der Waals surface area contributed by atoms with E-state index in [1.165, 1.54) is 12.5 Å². The molecule has 0 aliphatic carbocycles. The van der Waals surface area contributed by atoms with Crippen LogP contribution >= 0.6 is 11.6 Å². The molecule has 7 heteroatoms. The predicted octanol–water partition coefficient (Wildman–Crippen LogP) is 2.88. The summed E-state index contributed by atoms with van der Waals surface area (Å²) in [5.41, 5.74) is 0. The Bertz CT molecular complexity index is 624. The van der Waals surface area contributed by atoms with E-state index in [0.717, 1.165) is 31.6 Å². The summed E-state index contributed by atoms with van der Waals surface area (Å²) in [7, 11) is -3.73. The summed E-state index contributed by atoms with van der Waals surface area (Å²) in [5, 5.41) is -0.105. The Hall–Kier alpha value is -0.690. The number of nitrogens with one attached hydrogen (secondary N) is 1. The second-order valence-corrected chi connectivity index (χ2v) is 8.16. The molecule has 1 aromatic carbocycles. The van der Waals surface area contributed by atoms with E-state index in [1.807, 2.05) is 6.92 Å². The van der Waals surface area contributed by atoms with Gasteiger partial charge >= 0.3 is 0 Å². The van der Waals surface area contributed by atoms with E-state index < -0.39 is 15.8 Å². The summed E-state index contributed by atoms with van der Waals surface area (Å²) in [6, 6.07) is 3.40. The Morgan fingerprint density at radius 3 is 2.86 bits per heavy atom. The topological polar surface area (TPSA) is 49.4 Å². The highest BCUT2D eigenvalue weighted by Crippen LogP contribution is 2.22. The van der Waals surface area contributed by atoms with Crippen LogP contribution in [0.1, 0.15) is 26.7 Å². The van der Waals surface area contributed by atoms with Crippen LogP contribution in [0.15, 0.2) is 23.1 Å². The summed E-state index contributed by atoms with van der Waals surface area (Å²) in [5.74, 6) is 0.0824. The minimum absolute atomic E-state index is 0.0882.